The van der Waals surface area contributed by atoms with Crippen LogP contribution in [0.4, 0.5) is 5.13 Å². The van der Waals surface area contributed by atoms with Crippen LogP contribution in [0.15, 0.2) is 18.2 Å². The molecule has 27 heavy (non-hydrogen) atoms. The molecule has 2 aliphatic heterocycles. The summed E-state index contributed by atoms with van der Waals surface area (Å²) >= 11 is 1.40. The Hall–Kier alpha value is -2.25. The van der Waals surface area contributed by atoms with Crippen LogP contribution in [0.5, 0.6) is 0 Å². The Balaban J connectivity index is 1.56. The number of nitrogens with one attached hydrogen (secondary N) is 1. The number of carboxylic acids is 1. The molecule has 4 atom stereocenters. The molecule has 7 heteroatoms. The van der Waals surface area contributed by atoms with E-state index in [-0.39, 0.29) is 18.1 Å². The summed E-state index contributed by atoms with van der Waals surface area (Å²) in [6.45, 7) is 6.10. The van der Waals surface area contributed by atoms with Crippen LogP contribution in [0.2, 0.25) is 0 Å². The third-order valence-corrected chi connectivity index (χ3v) is 6.55. The number of carboxylic acid groups (broad SMARTS) is 1. The van der Waals surface area contributed by atoms with Crippen LogP contribution in [-0.2, 0) is 14.3 Å². The molecule has 1 amide bonds. The van der Waals surface area contributed by atoms with E-state index in [9.17, 15) is 14.7 Å². The number of hydrogen-bond acceptors (Lipinski definition) is 5. The van der Waals surface area contributed by atoms with Gasteiger partial charge in [0.05, 0.1) is 29.7 Å². The lowest BCUT2D eigenvalue weighted by atomic mass is 9.79. The van der Waals surface area contributed by atoms with Crippen molar-refractivity contribution in [3.05, 3.63) is 34.2 Å². The second-order valence-corrected chi connectivity index (χ2v) is 8.60. The fourth-order valence-electron chi connectivity index (χ4n) is 4.12. The van der Waals surface area contributed by atoms with E-state index in [1.54, 1.807) is 0 Å². The molecule has 0 aliphatic carbocycles. The molecular weight excluding hydrogens is 364 g/mol. The van der Waals surface area contributed by atoms with Crippen molar-refractivity contribution >= 4 is 28.3 Å². The lowest BCUT2D eigenvalue weighted by Gasteiger charge is -2.23. The Bertz CT molecular complexity index is 923. The van der Waals surface area contributed by atoms with E-state index in [2.05, 4.69) is 36.3 Å². The van der Waals surface area contributed by atoms with Crippen LogP contribution in [-0.4, -0.2) is 34.2 Å². The first kappa shape index (κ1) is 18.1. The smallest absolute Gasteiger partial charge is 0.310 e. The highest BCUT2D eigenvalue weighted by atomic mass is 32.1. The maximum Gasteiger partial charge on any atom is 0.310 e. The summed E-state index contributed by atoms with van der Waals surface area (Å²) in [5, 5.41) is 12.8. The van der Waals surface area contributed by atoms with Crippen LogP contribution in [0.3, 0.4) is 0 Å². The van der Waals surface area contributed by atoms with E-state index in [1.807, 2.05) is 13.0 Å². The van der Waals surface area contributed by atoms with Crippen LogP contribution >= 0.6 is 11.3 Å². The van der Waals surface area contributed by atoms with Gasteiger partial charge in [-0.2, -0.15) is 0 Å². The number of nitrogens with zero attached hydrogens (tertiary/aromatic N) is 1. The Morgan fingerprint density at radius 1 is 1.15 bits per heavy atom. The molecule has 0 unspecified atom stereocenters. The van der Waals surface area contributed by atoms with Gasteiger partial charge >= 0.3 is 5.97 Å². The number of hydrogen-bond donors (Lipinski definition) is 2. The van der Waals surface area contributed by atoms with E-state index in [0.717, 1.165) is 22.6 Å². The molecule has 4 rings (SSSR count). The Labute approximate surface area is 161 Å². The van der Waals surface area contributed by atoms with Crippen molar-refractivity contribution < 1.29 is 19.4 Å². The molecule has 2 bridgehead atoms. The predicted octanol–water partition coefficient (Wildman–Crippen LogP) is 3.55. The molecular formula is C20H22N2O4S. The summed E-state index contributed by atoms with van der Waals surface area (Å²) in [5.41, 5.74) is 4.27. The Kier molecular flexibility index (Phi) is 4.52. The number of carbonyl (C=O) groups is 2. The summed E-state index contributed by atoms with van der Waals surface area (Å²) in [4.78, 5) is 30.0. The van der Waals surface area contributed by atoms with Gasteiger partial charge in [0.1, 0.15) is 0 Å². The first-order valence-corrected chi connectivity index (χ1v) is 9.91. The van der Waals surface area contributed by atoms with Gasteiger partial charge in [-0.05, 0) is 50.8 Å². The number of fused-ring (bicyclic) bond motifs is 2. The van der Waals surface area contributed by atoms with Gasteiger partial charge in [0, 0.05) is 10.4 Å². The quantitative estimate of drug-likeness (QED) is 0.839. The zero-order valence-electron chi connectivity index (χ0n) is 15.5. The number of carbonyl (C=O) groups excluding carboxylic acids is 1. The number of aryl methyl sites for hydroxylation is 3. The lowest BCUT2D eigenvalue weighted by molar-refractivity contribution is -0.147. The molecule has 0 spiro atoms. The molecule has 2 saturated heterocycles. The number of amides is 1. The first-order valence-electron chi connectivity index (χ1n) is 9.09. The standard InChI is InChI=1S/C20H22N2O4S/c1-9-4-5-12(8-10(9)2)17-11(3)27-20(21-17)22-18(23)15-13-6-7-14(26-13)16(15)19(24)25/h4-5,8,13-16H,6-7H2,1-3H3,(H,24,25)(H,21,22,23)/t13-,14+,15-,16-/m0/s1. The van der Waals surface area contributed by atoms with Crippen molar-refractivity contribution in [1.82, 2.24) is 4.98 Å². The second kappa shape index (κ2) is 6.73. The van der Waals surface area contributed by atoms with Gasteiger partial charge in [-0.25, -0.2) is 4.98 Å². The molecule has 6 nitrogen and oxygen atoms in total. The number of aromatic nitrogens is 1. The third kappa shape index (κ3) is 3.15. The molecule has 1 aromatic heterocycles. The van der Waals surface area contributed by atoms with Gasteiger partial charge in [-0.3, -0.25) is 9.59 Å². The molecule has 142 valence electrons. The number of rotatable bonds is 4. The number of ether oxygens (including phenoxy) is 1. The van der Waals surface area contributed by atoms with Crippen LogP contribution in [0, 0.1) is 32.6 Å². The number of thiazole rings is 1. The van der Waals surface area contributed by atoms with Crippen LogP contribution in [0.1, 0.15) is 28.8 Å². The SMILES string of the molecule is Cc1ccc(-c2nc(NC(=O)[C@@H]3[C@@H](C(=O)O)[C@H]4CC[C@@H]3O4)sc2C)cc1C. The van der Waals surface area contributed by atoms with Crippen molar-refractivity contribution in [2.24, 2.45) is 11.8 Å². The monoisotopic (exact) mass is 386 g/mol. The molecule has 1 aromatic carbocycles. The van der Waals surface area contributed by atoms with E-state index in [4.69, 9.17) is 4.74 Å². The van der Waals surface area contributed by atoms with E-state index in [1.165, 1.54) is 22.5 Å². The highest BCUT2D eigenvalue weighted by molar-refractivity contribution is 7.16. The first-order chi connectivity index (χ1) is 12.8. The average Bonchev–Trinajstić information content (AvgIpc) is 3.31. The Morgan fingerprint density at radius 2 is 1.85 bits per heavy atom. The van der Waals surface area contributed by atoms with Gasteiger partial charge in [-0.15, -0.1) is 11.3 Å². The number of benzene rings is 1. The summed E-state index contributed by atoms with van der Waals surface area (Å²) in [7, 11) is 0. The molecule has 2 aliphatic rings. The number of aliphatic carboxylic acids is 1. The van der Waals surface area contributed by atoms with Gasteiger partial charge in [0.2, 0.25) is 5.91 Å². The Morgan fingerprint density at radius 3 is 2.52 bits per heavy atom. The van der Waals surface area contributed by atoms with E-state index >= 15 is 0 Å². The van der Waals surface area contributed by atoms with Gasteiger partial charge in [0.25, 0.3) is 0 Å². The molecule has 2 N–H and O–H groups in total. The minimum Gasteiger partial charge on any atom is -0.481 e. The summed E-state index contributed by atoms with van der Waals surface area (Å²) < 4.78 is 5.68. The van der Waals surface area contributed by atoms with Crippen LogP contribution < -0.4 is 5.32 Å². The predicted molar refractivity (Wildman–Crippen MR) is 103 cm³/mol. The van der Waals surface area contributed by atoms with Crippen molar-refractivity contribution in [1.29, 1.82) is 0 Å². The fraction of sp³-hybridized carbons (Fsp3) is 0.450. The highest BCUT2D eigenvalue weighted by Crippen LogP contribution is 2.44. The van der Waals surface area contributed by atoms with Crippen molar-refractivity contribution in [3.63, 3.8) is 0 Å². The minimum absolute atomic E-state index is 0.309. The average molecular weight is 386 g/mol. The summed E-state index contributed by atoms with van der Waals surface area (Å²) in [6, 6.07) is 6.18. The minimum atomic E-state index is -0.964. The van der Waals surface area contributed by atoms with Crippen molar-refractivity contribution in [2.75, 3.05) is 5.32 Å². The second-order valence-electron chi connectivity index (χ2n) is 7.39. The zero-order valence-corrected chi connectivity index (χ0v) is 16.3. The topological polar surface area (TPSA) is 88.5 Å². The summed E-state index contributed by atoms with van der Waals surface area (Å²) in [6.07, 6.45) is 0.777. The van der Waals surface area contributed by atoms with Gasteiger partial charge < -0.3 is 15.2 Å². The fourth-order valence-corrected chi connectivity index (χ4v) is 4.96. The third-order valence-electron chi connectivity index (χ3n) is 5.67. The van der Waals surface area contributed by atoms with Gasteiger partial charge in [0.15, 0.2) is 5.13 Å². The van der Waals surface area contributed by atoms with E-state index in [0.29, 0.717) is 11.6 Å². The van der Waals surface area contributed by atoms with E-state index < -0.39 is 17.8 Å². The largest absolute Gasteiger partial charge is 0.481 e. The van der Waals surface area contributed by atoms with Crippen LogP contribution in [0.25, 0.3) is 11.3 Å². The summed E-state index contributed by atoms with van der Waals surface area (Å²) in [5.74, 6) is -2.71. The molecule has 3 heterocycles. The normalized spacial score (nSPS) is 26.3. The highest BCUT2D eigenvalue weighted by Gasteiger charge is 2.55. The molecule has 0 saturated carbocycles. The number of anilines is 1. The zero-order chi connectivity index (χ0) is 19.3. The molecule has 2 fully saturated rings. The van der Waals surface area contributed by atoms with Gasteiger partial charge in [-0.1, -0.05) is 12.1 Å². The maximum absolute atomic E-state index is 12.8. The van der Waals surface area contributed by atoms with Crippen molar-refractivity contribution in [3.8, 4) is 11.3 Å². The lowest BCUT2D eigenvalue weighted by Crippen LogP contribution is -2.40. The molecule has 2 aromatic rings. The maximum atomic E-state index is 12.8. The van der Waals surface area contributed by atoms with Crippen molar-refractivity contribution in [2.45, 2.75) is 45.8 Å². The molecule has 0 radical (unpaired) electrons.